The number of benzene rings is 1. The van der Waals surface area contributed by atoms with Crippen molar-refractivity contribution >= 4 is 29.7 Å². The first kappa shape index (κ1) is 20.9. The summed E-state index contributed by atoms with van der Waals surface area (Å²) in [6.45, 7) is 4.48. The lowest BCUT2D eigenvalue weighted by atomic mass is 10.2. The number of halogens is 1. The van der Waals surface area contributed by atoms with E-state index in [0.29, 0.717) is 44.2 Å². The number of nitrogens with zero attached hydrogens (tertiary/aromatic N) is 2. The molecule has 148 valence electrons. The molecule has 0 aliphatic carbocycles. The zero-order chi connectivity index (χ0) is 19.6. The van der Waals surface area contributed by atoms with E-state index in [2.05, 4.69) is 10.5 Å². The minimum Gasteiger partial charge on any atom is -0.490 e. The van der Waals surface area contributed by atoms with Crippen molar-refractivity contribution in [3.8, 4) is 11.5 Å². The number of rotatable bonds is 9. The van der Waals surface area contributed by atoms with E-state index in [-0.39, 0.29) is 23.2 Å². The summed E-state index contributed by atoms with van der Waals surface area (Å²) in [5, 5.41) is 12.9. The van der Waals surface area contributed by atoms with E-state index < -0.39 is 12.6 Å². The number of carbonyl (C=O) groups excluding carboxylic acids is 1. The summed E-state index contributed by atoms with van der Waals surface area (Å²) in [6.07, 6.45) is 1.42. The van der Waals surface area contributed by atoms with Gasteiger partial charge in [-0.15, -0.1) is 0 Å². The summed E-state index contributed by atoms with van der Waals surface area (Å²) < 4.78 is 15.9. The lowest BCUT2D eigenvalue weighted by molar-refractivity contribution is -0.139. The number of nitrogens with one attached hydrogen (secondary N) is 1. The summed E-state index contributed by atoms with van der Waals surface area (Å²) in [4.78, 5) is 24.6. The topological polar surface area (TPSA) is 110 Å². The maximum absolute atomic E-state index is 11.9. The van der Waals surface area contributed by atoms with Crippen LogP contribution in [-0.4, -0.2) is 74.2 Å². The van der Waals surface area contributed by atoms with Crippen molar-refractivity contribution in [2.24, 2.45) is 5.10 Å². The number of morpholine rings is 1. The molecule has 1 aliphatic heterocycles. The SMILES string of the molecule is CCOc1cc(/C=N/NC(=O)CN2CCOCC2)cc(Cl)c1OCC(=O)O. The molecule has 1 aromatic carbocycles. The van der Waals surface area contributed by atoms with Gasteiger partial charge in [-0.2, -0.15) is 5.10 Å². The molecule has 2 N–H and O–H groups in total. The molecule has 0 spiro atoms. The van der Waals surface area contributed by atoms with Crippen LogP contribution in [0.1, 0.15) is 12.5 Å². The average Bonchev–Trinajstić information content (AvgIpc) is 2.62. The number of aliphatic carboxylic acids is 1. The fraction of sp³-hybridized carbons (Fsp3) is 0.471. The Morgan fingerprint density at radius 3 is 2.78 bits per heavy atom. The molecule has 0 saturated carbocycles. The zero-order valence-electron chi connectivity index (χ0n) is 14.9. The number of hydrazone groups is 1. The highest BCUT2D eigenvalue weighted by molar-refractivity contribution is 6.32. The van der Waals surface area contributed by atoms with Crippen LogP contribution in [0.5, 0.6) is 11.5 Å². The monoisotopic (exact) mass is 399 g/mol. The Morgan fingerprint density at radius 2 is 2.11 bits per heavy atom. The summed E-state index contributed by atoms with van der Waals surface area (Å²) >= 11 is 6.16. The standard InChI is InChI=1S/C17H22ClN3O6/c1-2-26-14-8-12(7-13(18)17(14)27-11-16(23)24)9-19-20-15(22)10-21-3-5-25-6-4-21/h7-9H,2-6,10-11H2,1H3,(H,20,22)(H,23,24)/b19-9+. The molecule has 2 rings (SSSR count). The Bertz CT molecular complexity index is 691. The maximum Gasteiger partial charge on any atom is 0.341 e. The van der Waals surface area contributed by atoms with Crippen LogP contribution >= 0.6 is 11.6 Å². The van der Waals surface area contributed by atoms with Gasteiger partial charge in [0.25, 0.3) is 5.91 Å². The Hall–Kier alpha value is -2.36. The van der Waals surface area contributed by atoms with Crippen LogP contribution in [-0.2, 0) is 14.3 Å². The Labute approximate surface area is 161 Å². The average molecular weight is 400 g/mol. The Balaban J connectivity index is 1.98. The third kappa shape index (κ3) is 7.05. The smallest absolute Gasteiger partial charge is 0.341 e. The van der Waals surface area contributed by atoms with Gasteiger partial charge in [0.2, 0.25) is 0 Å². The third-order valence-electron chi connectivity index (χ3n) is 3.55. The number of ether oxygens (including phenoxy) is 3. The Morgan fingerprint density at radius 1 is 1.37 bits per heavy atom. The number of hydrogen-bond donors (Lipinski definition) is 2. The van der Waals surface area contributed by atoms with Gasteiger partial charge in [0.1, 0.15) is 0 Å². The summed E-state index contributed by atoms with van der Waals surface area (Å²) in [7, 11) is 0. The number of amides is 1. The summed E-state index contributed by atoms with van der Waals surface area (Å²) in [6, 6.07) is 3.14. The molecule has 10 heteroatoms. The van der Waals surface area contributed by atoms with Crippen molar-refractivity contribution in [1.29, 1.82) is 0 Å². The van der Waals surface area contributed by atoms with E-state index in [1.54, 1.807) is 19.1 Å². The molecule has 1 amide bonds. The van der Waals surface area contributed by atoms with Crippen LogP contribution in [0.25, 0.3) is 0 Å². The van der Waals surface area contributed by atoms with Crippen molar-refractivity contribution < 1.29 is 28.9 Å². The van der Waals surface area contributed by atoms with Crippen LogP contribution in [0.4, 0.5) is 0 Å². The molecular weight excluding hydrogens is 378 g/mol. The van der Waals surface area contributed by atoms with Crippen LogP contribution < -0.4 is 14.9 Å². The number of hydrogen-bond acceptors (Lipinski definition) is 7. The molecule has 9 nitrogen and oxygen atoms in total. The van der Waals surface area contributed by atoms with Crippen LogP contribution in [0.3, 0.4) is 0 Å². The normalized spacial score (nSPS) is 14.9. The quantitative estimate of drug-likeness (QED) is 0.470. The first-order chi connectivity index (χ1) is 13.0. The molecule has 0 radical (unpaired) electrons. The first-order valence-corrected chi connectivity index (χ1v) is 8.80. The number of carbonyl (C=O) groups is 2. The molecule has 0 atom stereocenters. The van der Waals surface area contributed by atoms with Crippen molar-refractivity contribution in [3.05, 3.63) is 22.7 Å². The molecule has 1 aromatic rings. The predicted octanol–water partition coefficient (Wildman–Crippen LogP) is 0.984. The van der Waals surface area contributed by atoms with Crippen molar-refractivity contribution in [2.75, 3.05) is 46.1 Å². The highest BCUT2D eigenvalue weighted by atomic mass is 35.5. The molecule has 1 heterocycles. The first-order valence-electron chi connectivity index (χ1n) is 8.42. The van der Waals surface area contributed by atoms with Gasteiger partial charge in [-0.1, -0.05) is 11.6 Å². The molecule has 27 heavy (non-hydrogen) atoms. The van der Waals surface area contributed by atoms with E-state index in [1.807, 2.05) is 4.90 Å². The second-order valence-corrected chi connectivity index (χ2v) is 6.03. The van der Waals surface area contributed by atoms with Gasteiger partial charge >= 0.3 is 5.97 Å². The number of carboxylic acids is 1. The molecule has 0 bridgehead atoms. The van der Waals surface area contributed by atoms with Crippen LogP contribution in [0.15, 0.2) is 17.2 Å². The lowest BCUT2D eigenvalue weighted by Gasteiger charge is -2.25. The van der Waals surface area contributed by atoms with Gasteiger partial charge in [0.05, 0.1) is 37.6 Å². The predicted molar refractivity (Wildman–Crippen MR) is 98.7 cm³/mol. The zero-order valence-corrected chi connectivity index (χ0v) is 15.7. The van der Waals surface area contributed by atoms with Crippen LogP contribution in [0.2, 0.25) is 5.02 Å². The molecule has 1 fully saturated rings. The summed E-state index contributed by atoms with van der Waals surface area (Å²) in [5.41, 5.74) is 3.03. The molecule has 1 aliphatic rings. The molecule has 1 saturated heterocycles. The number of carboxylic acid groups (broad SMARTS) is 1. The van der Waals surface area contributed by atoms with E-state index in [4.69, 9.17) is 30.9 Å². The van der Waals surface area contributed by atoms with Gasteiger partial charge in [-0.05, 0) is 24.6 Å². The molecule has 0 unspecified atom stereocenters. The fourth-order valence-electron chi connectivity index (χ4n) is 2.38. The fourth-order valence-corrected chi connectivity index (χ4v) is 2.65. The van der Waals surface area contributed by atoms with Crippen molar-refractivity contribution in [3.63, 3.8) is 0 Å². The Kier molecular flexibility index (Phi) is 8.31. The van der Waals surface area contributed by atoms with Gasteiger partial charge in [0, 0.05) is 13.1 Å². The van der Waals surface area contributed by atoms with E-state index in [0.717, 1.165) is 0 Å². The van der Waals surface area contributed by atoms with Gasteiger partial charge in [0.15, 0.2) is 18.1 Å². The van der Waals surface area contributed by atoms with Crippen molar-refractivity contribution in [2.45, 2.75) is 6.92 Å². The highest BCUT2D eigenvalue weighted by Gasteiger charge is 2.15. The molecule has 0 aromatic heterocycles. The van der Waals surface area contributed by atoms with Gasteiger partial charge in [-0.3, -0.25) is 9.69 Å². The maximum atomic E-state index is 11.9. The minimum absolute atomic E-state index is 0.148. The van der Waals surface area contributed by atoms with Gasteiger partial charge < -0.3 is 19.3 Å². The second kappa shape index (κ2) is 10.7. The molecular formula is C17H22ClN3O6. The van der Waals surface area contributed by atoms with E-state index in [1.165, 1.54) is 6.21 Å². The third-order valence-corrected chi connectivity index (χ3v) is 3.83. The van der Waals surface area contributed by atoms with E-state index >= 15 is 0 Å². The minimum atomic E-state index is -1.12. The van der Waals surface area contributed by atoms with Gasteiger partial charge in [-0.25, -0.2) is 10.2 Å². The largest absolute Gasteiger partial charge is 0.490 e. The lowest BCUT2D eigenvalue weighted by Crippen LogP contribution is -2.42. The highest BCUT2D eigenvalue weighted by Crippen LogP contribution is 2.36. The van der Waals surface area contributed by atoms with Crippen LogP contribution in [0, 0.1) is 0 Å². The van der Waals surface area contributed by atoms with E-state index in [9.17, 15) is 9.59 Å². The van der Waals surface area contributed by atoms with Crippen molar-refractivity contribution in [1.82, 2.24) is 10.3 Å². The second-order valence-electron chi connectivity index (χ2n) is 5.63. The summed E-state index contributed by atoms with van der Waals surface area (Å²) in [5.74, 6) is -0.908.